The molecule has 0 spiro atoms. The first kappa shape index (κ1) is 9.03. The van der Waals surface area contributed by atoms with Crippen molar-refractivity contribution in [3.05, 3.63) is 24.3 Å². The Labute approximate surface area is 88.6 Å². The molecule has 2 aliphatic heterocycles. The number of fused-ring (bicyclic) bond motifs is 2. The Morgan fingerprint density at radius 3 is 1.93 bits per heavy atom. The predicted molar refractivity (Wildman–Crippen MR) is 59.9 cm³/mol. The van der Waals surface area contributed by atoms with Crippen molar-refractivity contribution in [3.63, 3.8) is 0 Å². The van der Waals surface area contributed by atoms with Crippen molar-refractivity contribution in [1.29, 1.82) is 0 Å². The molecule has 2 N–H and O–H groups in total. The molecule has 1 aromatic rings. The van der Waals surface area contributed by atoms with Gasteiger partial charge in [-0.2, -0.15) is 0 Å². The quantitative estimate of drug-likeness (QED) is 0.680. The van der Waals surface area contributed by atoms with E-state index in [0.29, 0.717) is 0 Å². The van der Waals surface area contributed by atoms with Crippen LogP contribution in [-0.2, 0) is 9.84 Å². The van der Waals surface area contributed by atoms with Crippen molar-refractivity contribution in [2.24, 2.45) is 0 Å². The van der Waals surface area contributed by atoms with Gasteiger partial charge in [0, 0.05) is 0 Å². The smallest absolute Gasteiger partial charge is 0.154 e. The minimum atomic E-state index is -2.87. The number of hydrogen-bond donors (Lipinski definition) is 2. The van der Waals surface area contributed by atoms with Crippen LogP contribution in [0.2, 0.25) is 0 Å². The van der Waals surface area contributed by atoms with Gasteiger partial charge in [0.05, 0.1) is 35.0 Å². The van der Waals surface area contributed by atoms with Gasteiger partial charge in [-0.15, -0.1) is 0 Å². The molecule has 0 aliphatic carbocycles. The maximum absolute atomic E-state index is 11.5. The summed E-state index contributed by atoms with van der Waals surface area (Å²) >= 11 is 0. The van der Waals surface area contributed by atoms with Gasteiger partial charge in [0.15, 0.2) is 9.84 Å². The third-order valence-corrected chi connectivity index (χ3v) is 4.70. The zero-order valence-electron chi connectivity index (χ0n) is 8.10. The predicted octanol–water partition coefficient (Wildman–Crippen LogP) is 0.690. The average Bonchev–Trinajstić information content (AvgIpc) is 2.46. The molecular weight excluding hydrogens is 212 g/mol. The average molecular weight is 224 g/mol. The maximum Gasteiger partial charge on any atom is 0.154 e. The highest BCUT2D eigenvalue weighted by molar-refractivity contribution is 7.91. The van der Waals surface area contributed by atoms with Crippen LogP contribution in [0.4, 0.5) is 11.4 Å². The second kappa shape index (κ2) is 2.88. The van der Waals surface area contributed by atoms with E-state index in [1.807, 2.05) is 24.3 Å². The normalized spacial score (nSPS) is 30.9. The van der Waals surface area contributed by atoms with Crippen molar-refractivity contribution >= 4 is 21.2 Å². The Kier molecular flexibility index (Phi) is 1.74. The van der Waals surface area contributed by atoms with E-state index in [2.05, 4.69) is 10.6 Å². The summed E-state index contributed by atoms with van der Waals surface area (Å²) in [4.78, 5) is 0. The summed E-state index contributed by atoms with van der Waals surface area (Å²) in [5, 5.41) is 6.55. The Morgan fingerprint density at radius 2 is 1.47 bits per heavy atom. The van der Waals surface area contributed by atoms with E-state index in [4.69, 9.17) is 0 Å². The van der Waals surface area contributed by atoms with Crippen LogP contribution < -0.4 is 10.6 Å². The van der Waals surface area contributed by atoms with Crippen molar-refractivity contribution < 1.29 is 8.42 Å². The van der Waals surface area contributed by atoms with Crippen LogP contribution >= 0.6 is 0 Å². The molecule has 0 amide bonds. The SMILES string of the molecule is O=S1(=O)C[C@H]2Nc3ccccc3N[C@@H]2C1. The van der Waals surface area contributed by atoms with E-state index < -0.39 is 9.84 Å². The molecule has 2 heterocycles. The summed E-state index contributed by atoms with van der Waals surface area (Å²) in [7, 11) is -2.87. The Hall–Kier alpha value is -1.23. The van der Waals surface area contributed by atoms with E-state index in [-0.39, 0.29) is 23.6 Å². The number of rotatable bonds is 0. The lowest BCUT2D eigenvalue weighted by molar-refractivity contribution is 0.601. The topological polar surface area (TPSA) is 58.2 Å². The fraction of sp³-hybridized carbons (Fsp3) is 0.400. The van der Waals surface area contributed by atoms with Crippen LogP contribution in [0.15, 0.2) is 24.3 Å². The molecular formula is C10H12N2O2S. The number of benzene rings is 1. The van der Waals surface area contributed by atoms with Crippen LogP contribution in [0.25, 0.3) is 0 Å². The molecule has 3 rings (SSSR count). The monoisotopic (exact) mass is 224 g/mol. The van der Waals surface area contributed by atoms with Gasteiger partial charge in [-0.25, -0.2) is 8.42 Å². The molecule has 4 nitrogen and oxygen atoms in total. The van der Waals surface area contributed by atoms with Crippen molar-refractivity contribution in [1.82, 2.24) is 0 Å². The Morgan fingerprint density at radius 1 is 1.00 bits per heavy atom. The van der Waals surface area contributed by atoms with E-state index >= 15 is 0 Å². The largest absolute Gasteiger partial charge is 0.378 e. The van der Waals surface area contributed by atoms with Crippen molar-refractivity contribution in [3.8, 4) is 0 Å². The minimum Gasteiger partial charge on any atom is -0.378 e. The molecule has 1 fully saturated rings. The molecule has 1 aromatic carbocycles. The molecule has 5 heteroatoms. The third-order valence-electron chi connectivity index (χ3n) is 2.96. The first-order valence-electron chi connectivity index (χ1n) is 4.97. The first-order chi connectivity index (χ1) is 7.14. The Bertz CT molecular complexity index is 459. The molecule has 2 aliphatic rings. The number of sulfone groups is 1. The summed E-state index contributed by atoms with van der Waals surface area (Å²) in [5.74, 6) is 0.470. The zero-order chi connectivity index (χ0) is 10.5. The van der Waals surface area contributed by atoms with Crippen LogP contribution in [0.5, 0.6) is 0 Å². The van der Waals surface area contributed by atoms with E-state index in [9.17, 15) is 8.42 Å². The standard InChI is InChI=1S/C10H12N2O2S/c13-15(14)5-9-10(6-15)12-8-4-2-1-3-7(8)11-9/h1-4,9-12H,5-6H2/t9-,10-/m1/s1. The highest BCUT2D eigenvalue weighted by Crippen LogP contribution is 2.31. The summed E-state index contributed by atoms with van der Waals surface area (Å²) in [6.07, 6.45) is 0. The van der Waals surface area contributed by atoms with Crippen LogP contribution in [-0.4, -0.2) is 32.0 Å². The van der Waals surface area contributed by atoms with Gasteiger partial charge in [0.1, 0.15) is 0 Å². The molecule has 1 saturated heterocycles. The van der Waals surface area contributed by atoms with Crippen molar-refractivity contribution in [2.45, 2.75) is 12.1 Å². The molecule has 0 unspecified atom stereocenters. The molecule has 0 saturated carbocycles. The third kappa shape index (κ3) is 1.47. The van der Waals surface area contributed by atoms with Crippen molar-refractivity contribution in [2.75, 3.05) is 22.1 Å². The van der Waals surface area contributed by atoms with E-state index in [1.165, 1.54) is 0 Å². The maximum atomic E-state index is 11.5. The van der Waals surface area contributed by atoms with Crippen LogP contribution in [0, 0.1) is 0 Å². The summed E-state index contributed by atoms with van der Waals surface area (Å²) in [6, 6.07) is 7.84. The highest BCUT2D eigenvalue weighted by Gasteiger charge is 2.40. The lowest BCUT2D eigenvalue weighted by Crippen LogP contribution is -2.41. The highest BCUT2D eigenvalue weighted by atomic mass is 32.2. The number of anilines is 2. The molecule has 2 atom stereocenters. The van der Waals surface area contributed by atoms with E-state index in [0.717, 1.165) is 11.4 Å². The summed E-state index contributed by atoms with van der Waals surface area (Å²) < 4.78 is 22.9. The number of para-hydroxylation sites is 2. The second-order valence-corrected chi connectivity index (χ2v) is 6.28. The number of nitrogens with one attached hydrogen (secondary N) is 2. The van der Waals surface area contributed by atoms with Gasteiger partial charge < -0.3 is 10.6 Å². The fourth-order valence-electron chi connectivity index (χ4n) is 2.27. The van der Waals surface area contributed by atoms with E-state index in [1.54, 1.807) is 0 Å². The molecule has 0 bridgehead atoms. The lowest BCUT2D eigenvalue weighted by atomic mass is 10.1. The lowest BCUT2D eigenvalue weighted by Gasteiger charge is -2.30. The van der Waals surface area contributed by atoms with Gasteiger partial charge in [-0.3, -0.25) is 0 Å². The first-order valence-corrected chi connectivity index (χ1v) is 6.79. The van der Waals surface area contributed by atoms with Gasteiger partial charge in [-0.1, -0.05) is 12.1 Å². The second-order valence-electron chi connectivity index (χ2n) is 4.12. The number of hydrogen-bond acceptors (Lipinski definition) is 4. The van der Waals surface area contributed by atoms with Gasteiger partial charge in [0.2, 0.25) is 0 Å². The fourth-order valence-corrected chi connectivity index (χ4v) is 4.13. The molecule has 15 heavy (non-hydrogen) atoms. The van der Waals surface area contributed by atoms with Gasteiger partial charge in [-0.05, 0) is 12.1 Å². The Balaban J connectivity index is 1.97. The van der Waals surface area contributed by atoms with Gasteiger partial charge in [0.25, 0.3) is 0 Å². The zero-order valence-corrected chi connectivity index (χ0v) is 8.92. The molecule has 0 radical (unpaired) electrons. The molecule has 80 valence electrons. The van der Waals surface area contributed by atoms with Gasteiger partial charge >= 0.3 is 0 Å². The molecule has 0 aromatic heterocycles. The summed E-state index contributed by atoms with van der Waals surface area (Å²) in [5.41, 5.74) is 1.99. The summed E-state index contributed by atoms with van der Waals surface area (Å²) in [6.45, 7) is 0. The minimum absolute atomic E-state index is 0.0184. The van der Waals surface area contributed by atoms with Crippen LogP contribution in [0.3, 0.4) is 0 Å². The van der Waals surface area contributed by atoms with Crippen LogP contribution in [0.1, 0.15) is 0 Å².